The minimum atomic E-state index is -1.57. The van der Waals surface area contributed by atoms with E-state index in [4.69, 9.17) is 19.9 Å². The van der Waals surface area contributed by atoms with Crippen molar-refractivity contribution in [3.63, 3.8) is 0 Å². The van der Waals surface area contributed by atoms with E-state index in [0.29, 0.717) is 34.9 Å². The van der Waals surface area contributed by atoms with E-state index in [-0.39, 0.29) is 30.0 Å². The second-order valence-electron chi connectivity index (χ2n) is 9.62. The van der Waals surface area contributed by atoms with E-state index in [1.54, 1.807) is 29.2 Å². The van der Waals surface area contributed by atoms with E-state index in [1.807, 2.05) is 13.1 Å². The van der Waals surface area contributed by atoms with Crippen LogP contribution in [0.5, 0.6) is 11.6 Å². The van der Waals surface area contributed by atoms with Gasteiger partial charge < -0.3 is 25.3 Å². The Morgan fingerprint density at radius 3 is 2.85 bits per heavy atom. The summed E-state index contributed by atoms with van der Waals surface area (Å²) in [7, 11) is 1.43. The Morgan fingerprint density at radius 2 is 2.13 bits per heavy atom. The first-order chi connectivity index (χ1) is 18.9. The average Bonchev–Trinajstić information content (AvgIpc) is 3.54. The van der Waals surface area contributed by atoms with E-state index in [2.05, 4.69) is 27.2 Å². The second kappa shape index (κ2) is 11.3. The van der Waals surface area contributed by atoms with Crippen LogP contribution in [-0.4, -0.2) is 59.1 Å². The summed E-state index contributed by atoms with van der Waals surface area (Å²) in [5.41, 5.74) is 7.02. The number of fused-ring (bicyclic) bond motifs is 1. The van der Waals surface area contributed by atoms with E-state index in [1.165, 1.54) is 7.11 Å². The number of nitrogens with zero attached hydrogens (tertiary/aromatic N) is 3. The number of ether oxygens (including phenoxy) is 3. The van der Waals surface area contributed by atoms with E-state index < -0.39 is 29.9 Å². The Kier molecular flexibility index (Phi) is 7.65. The van der Waals surface area contributed by atoms with Gasteiger partial charge in [0.2, 0.25) is 5.88 Å². The Balaban J connectivity index is 1.48. The molecule has 0 spiro atoms. The highest BCUT2D eigenvalue weighted by molar-refractivity contribution is 6.03. The lowest BCUT2D eigenvalue weighted by atomic mass is 9.97. The van der Waals surface area contributed by atoms with Crippen molar-refractivity contribution in [3.05, 3.63) is 47.4 Å². The Labute approximate surface area is 225 Å². The average molecular weight is 536 g/mol. The number of nitrogens with one attached hydrogen (secondary N) is 1. The number of alkyl halides is 1. The van der Waals surface area contributed by atoms with Crippen molar-refractivity contribution < 1.29 is 28.2 Å². The lowest BCUT2D eigenvalue weighted by molar-refractivity contribution is -0.123. The fourth-order valence-corrected chi connectivity index (χ4v) is 5.04. The van der Waals surface area contributed by atoms with Gasteiger partial charge in [0.05, 0.1) is 36.0 Å². The zero-order valence-electron chi connectivity index (χ0n) is 21.8. The largest absolute Gasteiger partial charge is 0.496 e. The molecule has 4 atom stereocenters. The van der Waals surface area contributed by atoms with Crippen LogP contribution in [0.2, 0.25) is 0 Å². The fraction of sp³-hybridized carbons (Fsp3) is 0.429. The van der Waals surface area contributed by atoms with Crippen molar-refractivity contribution >= 4 is 22.6 Å². The number of carbonyl (C=O) groups is 2. The highest BCUT2D eigenvalue weighted by Crippen LogP contribution is 2.33. The number of nitrogens with two attached hydrogens (primary N) is 1. The third kappa shape index (κ3) is 5.38. The Morgan fingerprint density at radius 1 is 1.28 bits per heavy atom. The summed E-state index contributed by atoms with van der Waals surface area (Å²) < 4.78 is 33.2. The first kappa shape index (κ1) is 26.4. The summed E-state index contributed by atoms with van der Waals surface area (Å²) >= 11 is 0. The third-order valence-electron chi connectivity index (χ3n) is 7.17. The molecule has 0 saturated carbocycles. The molecule has 204 valence electrons. The van der Waals surface area contributed by atoms with Gasteiger partial charge in [-0.15, -0.1) is 0 Å². The molecule has 0 aliphatic carbocycles. The van der Waals surface area contributed by atoms with Crippen molar-refractivity contribution in [3.8, 4) is 23.5 Å². The molecule has 11 heteroatoms. The normalized spacial score (nSPS) is 22.7. The molecular weight excluding hydrogens is 505 g/mol. The first-order valence-electron chi connectivity index (χ1n) is 12.9. The van der Waals surface area contributed by atoms with Crippen LogP contribution in [0.1, 0.15) is 60.3 Å². The molecule has 2 saturated heterocycles. The molecule has 10 nitrogen and oxygen atoms in total. The molecule has 1 unspecified atom stereocenters. The van der Waals surface area contributed by atoms with Crippen LogP contribution in [0, 0.1) is 17.8 Å². The molecular formula is C28H30FN5O5. The smallest absolute Gasteiger partial charge is 0.255 e. The number of methoxy groups -OCH3 is 1. The zero-order valence-corrected chi connectivity index (χ0v) is 21.8. The van der Waals surface area contributed by atoms with E-state index >= 15 is 0 Å². The minimum absolute atomic E-state index is 0.0279. The highest BCUT2D eigenvalue weighted by atomic mass is 19.1. The van der Waals surface area contributed by atoms with Crippen LogP contribution in [0.15, 0.2) is 30.7 Å². The molecule has 2 amide bonds. The molecule has 0 bridgehead atoms. The third-order valence-corrected chi connectivity index (χ3v) is 7.17. The van der Waals surface area contributed by atoms with Crippen LogP contribution >= 0.6 is 0 Å². The standard InChI is InChI=1S/C28H30FN5O5/c1-3-18-22(33-27(36)25(18)29)15-39-28-20-11-23(37-2)21(26(30)35)10-19(20)17(13-31-28)8-7-16-12-32-34(14-16)24-6-4-5-9-38-24/h10-14,18,22,24-25H,3-6,9,15H2,1-2H3,(H2,30,35)(H,33,36)/t18-,22+,24?,25-/m0/s1. The van der Waals surface area contributed by atoms with Crippen molar-refractivity contribution in [1.82, 2.24) is 20.1 Å². The monoisotopic (exact) mass is 535 g/mol. The molecule has 5 rings (SSSR count). The van der Waals surface area contributed by atoms with Crippen LogP contribution < -0.4 is 20.5 Å². The van der Waals surface area contributed by atoms with Crippen LogP contribution in [-0.2, 0) is 9.53 Å². The Hall–Kier alpha value is -4.17. The molecule has 3 aromatic rings. The van der Waals surface area contributed by atoms with Gasteiger partial charge in [0, 0.05) is 35.7 Å². The van der Waals surface area contributed by atoms with Gasteiger partial charge in [-0.05, 0) is 37.8 Å². The lowest BCUT2D eigenvalue weighted by Crippen LogP contribution is -2.34. The maximum Gasteiger partial charge on any atom is 0.255 e. The van der Waals surface area contributed by atoms with Gasteiger partial charge in [-0.25, -0.2) is 14.1 Å². The topological polar surface area (TPSA) is 131 Å². The lowest BCUT2D eigenvalue weighted by Gasteiger charge is -2.22. The molecule has 3 N–H and O–H groups in total. The van der Waals surface area contributed by atoms with Crippen molar-refractivity contribution in [2.75, 3.05) is 20.3 Å². The van der Waals surface area contributed by atoms with Crippen LogP contribution in [0.25, 0.3) is 10.8 Å². The predicted molar refractivity (Wildman–Crippen MR) is 140 cm³/mol. The van der Waals surface area contributed by atoms with Crippen molar-refractivity contribution in [2.45, 2.75) is 51.0 Å². The SMILES string of the molecule is CC[C@@H]1[C@H](F)C(=O)N[C@@H]1COc1ncc(C#Cc2cnn(C3CCCCO3)c2)c2cc(C(N)=O)c(OC)cc12. The van der Waals surface area contributed by atoms with Gasteiger partial charge in [-0.1, -0.05) is 18.8 Å². The number of hydrogen-bond acceptors (Lipinski definition) is 7. The summed E-state index contributed by atoms with van der Waals surface area (Å²) in [6.45, 7) is 2.57. The summed E-state index contributed by atoms with van der Waals surface area (Å²) in [4.78, 5) is 28.4. The van der Waals surface area contributed by atoms with Gasteiger partial charge in [0.15, 0.2) is 6.17 Å². The quantitative estimate of drug-likeness (QED) is 0.445. The summed E-state index contributed by atoms with van der Waals surface area (Å²) in [6, 6.07) is 2.72. The van der Waals surface area contributed by atoms with Gasteiger partial charge in [0.1, 0.15) is 18.6 Å². The first-order valence-corrected chi connectivity index (χ1v) is 12.9. The predicted octanol–water partition coefficient (Wildman–Crippen LogP) is 2.88. The summed E-state index contributed by atoms with van der Waals surface area (Å²) in [5.74, 6) is 4.92. The fourth-order valence-electron chi connectivity index (χ4n) is 5.04. The number of amides is 2. The maximum absolute atomic E-state index is 14.2. The number of carbonyl (C=O) groups excluding carboxylic acids is 2. The number of halogens is 1. The zero-order chi connectivity index (χ0) is 27.5. The highest BCUT2D eigenvalue weighted by Gasteiger charge is 2.41. The van der Waals surface area contributed by atoms with E-state index in [0.717, 1.165) is 19.3 Å². The van der Waals surface area contributed by atoms with Crippen molar-refractivity contribution in [2.24, 2.45) is 11.7 Å². The summed E-state index contributed by atoms with van der Waals surface area (Å²) in [6.07, 6.45) is 6.91. The minimum Gasteiger partial charge on any atom is -0.496 e. The number of aromatic nitrogens is 3. The van der Waals surface area contributed by atoms with Crippen LogP contribution in [0.4, 0.5) is 4.39 Å². The molecule has 0 radical (unpaired) electrons. The Bertz CT molecular complexity index is 1460. The molecule has 2 fully saturated rings. The van der Waals surface area contributed by atoms with E-state index in [9.17, 15) is 14.0 Å². The number of rotatable bonds is 7. The number of benzene rings is 1. The molecule has 2 aliphatic heterocycles. The molecule has 39 heavy (non-hydrogen) atoms. The number of pyridine rings is 1. The molecule has 2 aromatic heterocycles. The molecule has 1 aromatic carbocycles. The summed E-state index contributed by atoms with van der Waals surface area (Å²) in [5, 5.41) is 8.16. The maximum atomic E-state index is 14.2. The van der Waals surface area contributed by atoms with Gasteiger partial charge in [-0.3, -0.25) is 9.59 Å². The number of primary amides is 1. The van der Waals surface area contributed by atoms with Crippen LogP contribution in [0.3, 0.4) is 0 Å². The number of hydrogen-bond donors (Lipinski definition) is 2. The molecule has 4 heterocycles. The van der Waals surface area contributed by atoms with Gasteiger partial charge >= 0.3 is 0 Å². The van der Waals surface area contributed by atoms with Gasteiger partial charge in [0.25, 0.3) is 11.8 Å². The molecule has 2 aliphatic rings. The van der Waals surface area contributed by atoms with Gasteiger partial charge in [-0.2, -0.15) is 5.10 Å². The van der Waals surface area contributed by atoms with Crippen molar-refractivity contribution in [1.29, 1.82) is 0 Å². The second-order valence-corrected chi connectivity index (χ2v) is 9.62.